The molecule has 2 aliphatic rings. The maximum absolute atomic E-state index is 12.9. The third kappa shape index (κ3) is 3.32. The molecule has 2 amide bonds. The third-order valence-electron chi connectivity index (χ3n) is 4.89. The van der Waals surface area contributed by atoms with Crippen LogP contribution in [0.5, 0.6) is 0 Å². The van der Waals surface area contributed by atoms with Gasteiger partial charge in [0.15, 0.2) is 0 Å². The van der Waals surface area contributed by atoms with Gasteiger partial charge in [-0.05, 0) is 17.7 Å². The van der Waals surface area contributed by atoms with Gasteiger partial charge in [-0.1, -0.05) is 23.7 Å². The Bertz CT molecular complexity index is 793. The van der Waals surface area contributed by atoms with Crippen molar-refractivity contribution in [2.45, 2.75) is 12.5 Å². The number of rotatable bonds is 3. The molecular weight excluding hydrogens is 356 g/mol. The Balaban J connectivity index is 1.43. The molecule has 0 unspecified atom stereocenters. The van der Waals surface area contributed by atoms with Crippen molar-refractivity contribution in [3.05, 3.63) is 47.2 Å². The molecule has 136 valence electrons. The normalized spacial score (nSPS) is 23.5. The molecule has 1 N–H and O–H groups in total. The molecule has 1 aromatic carbocycles. The van der Waals surface area contributed by atoms with Crippen molar-refractivity contribution < 1.29 is 14.3 Å². The third-order valence-corrected chi connectivity index (χ3v) is 5.14. The lowest BCUT2D eigenvalue weighted by molar-refractivity contribution is -0.143. The van der Waals surface area contributed by atoms with Crippen molar-refractivity contribution in [1.82, 2.24) is 15.1 Å². The summed E-state index contributed by atoms with van der Waals surface area (Å²) in [6.45, 7) is 1.89. The first-order chi connectivity index (χ1) is 12.6. The van der Waals surface area contributed by atoms with Crippen molar-refractivity contribution in [3.8, 4) is 0 Å². The Hall–Kier alpha value is -2.38. The lowest BCUT2D eigenvalue weighted by Crippen LogP contribution is -2.45. The molecule has 2 aromatic rings. The average Bonchev–Trinajstić information content (AvgIpc) is 3.31. The Morgan fingerprint density at radius 1 is 1.27 bits per heavy atom. The van der Waals surface area contributed by atoms with Crippen LogP contribution in [-0.2, 0) is 14.3 Å². The van der Waals surface area contributed by atoms with Crippen LogP contribution >= 0.6 is 11.6 Å². The minimum absolute atomic E-state index is 0.00612. The van der Waals surface area contributed by atoms with E-state index in [1.54, 1.807) is 22.2 Å². The number of benzene rings is 1. The zero-order valence-electron chi connectivity index (χ0n) is 14.1. The first-order valence-corrected chi connectivity index (χ1v) is 8.94. The summed E-state index contributed by atoms with van der Waals surface area (Å²) in [5, 5.41) is 7.24. The number of ether oxygens (including phenoxy) is 1. The Labute approximate surface area is 155 Å². The second kappa shape index (κ2) is 7.09. The molecule has 0 aliphatic carbocycles. The fraction of sp³-hybridized carbons (Fsp3) is 0.389. The molecule has 2 atom stereocenters. The number of carbonyl (C=O) groups excluding carboxylic acids is 2. The van der Waals surface area contributed by atoms with Crippen molar-refractivity contribution in [2.75, 3.05) is 31.1 Å². The van der Waals surface area contributed by atoms with Gasteiger partial charge in [-0.25, -0.2) is 0 Å². The summed E-state index contributed by atoms with van der Waals surface area (Å²) in [6.07, 6.45) is 3.31. The SMILES string of the molecule is O=C([C@H]1CC(=O)N(c2cn[nH]c2)C1)N1CCO[C@H](c2ccc(Cl)cc2)C1. The van der Waals surface area contributed by atoms with Gasteiger partial charge in [0, 0.05) is 30.7 Å². The maximum atomic E-state index is 12.9. The van der Waals surface area contributed by atoms with Crippen molar-refractivity contribution >= 4 is 29.1 Å². The van der Waals surface area contributed by atoms with Crippen molar-refractivity contribution in [2.24, 2.45) is 5.92 Å². The van der Waals surface area contributed by atoms with E-state index in [1.165, 1.54) is 0 Å². The van der Waals surface area contributed by atoms with E-state index in [0.717, 1.165) is 5.56 Å². The lowest BCUT2D eigenvalue weighted by atomic mass is 10.0. The molecule has 0 bridgehead atoms. The second-order valence-corrected chi connectivity index (χ2v) is 6.99. The number of nitrogens with zero attached hydrogens (tertiary/aromatic N) is 3. The van der Waals surface area contributed by atoms with E-state index in [0.29, 0.717) is 37.0 Å². The van der Waals surface area contributed by atoms with Crippen molar-refractivity contribution in [3.63, 3.8) is 0 Å². The monoisotopic (exact) mass is 374 g/mol. The number of H-pyrrole nitrogens is 1. The summed E-state index contributed by atoms with van der Waals surface area (Å²) < 4.78 is 5.82. The number of aromatic nitrogens is 2. The van der Waals surface area contributed by atoms with Crippen LogP contribution in [0.2, 0.25) is 5.02 Å². The highest BCUT2D eigenvalue weighted by Gasteiger charge is 2.38. The summed E-state index contributed by atoms with van der Waals surface area (Å²) in [6, 6.07) is 7.47. The molecule has 0 radical (unpaired) electrons. The topological polar surface area (TPSA) is 78.5 Å². The average molecular weight is 375 g/mol. The molecule has 2 fully saturated rings. The summed E-state index contributed by atoms with van der Waals surface area (Å²) in [5.41, 5.74) is 1.70. The van der Waals surface area contributed by atoms with E-state index < -0.39 is 0 Å². The van der Waals surface area contributed by atoms with Gasteiger partial charge in [0.1, 0.15) is 6.10 Å². The van der Waals surface area contributed by atoms with Crippen molar-refractivity contribution in [1.29, 1.82) is 0 Å². The second-order valence-electron chi connectivity index (χ2n) is 6.56. The van der Waals surface area contributed by atoms with Crippen LogP contribution in [0.3, 0.4) is 0 Å². The minimum Gasteiger partial charge on any atom is -0.370 e. The Kier molecular flexibility index (Phi) is 4.65. The molecule has 26 heavy (non-hydrogen) atoms. The first-order valence-electron chi connectivity index (χ1n) is 8.57. The van der Waals surface area contributed by atoms with E-state index in [4.69, 9.17) is 16.3 Å². The van der Waals surface area contributed by atoms with E-state index in [9.17, 15) is 9.59 Å². The molecule has 0 spiro atoms. The summed E-state index contributed by atoms with van der Waals surface area (Å²) in [5.74, 6) is -0.375. The largest absolute Gasteiger partial charge is 0.370 e. The van der Waals surface area contributed by atoms with Crippen LogP contribution in [0.4, 0.5) is 5.69 Å². The molecule has 3 heterocycles. The smallest absolute Gasteiger partial charge is 0.228 e. The number of hydrogen-bond donors (Lipinski definition) is 1. The molecule has 1 aromatic heterocycles. The van der Waals surface area contributed by atoms with E-state index in [1.807, 2.05) is 24.3 Å². The van der Waals surface area contributed by atoms with E-state index in [2.05, 4.69) is 10.2 Å². The van der Waals surface area contributed by atoms with Gasteiger partial charge in [0.2, 0.25) is 11.8 Å². The van der Waals surface area contributed by atoms with E-state index >= 15 is 0 Å². The fourth-order valence-corrected chi connectivity index (χ4v) is 3.63. The molecular formula is C18H19ClN4O3. The summed E-state index contributed by atoms with van der Waals surface area (Å²) in [4.78, 5) is 28.6. The summed E-state index contributed by atoms with van der Waals surface area (Å²) >= 11 is 5.94. The molecule has 7 nitrogen and oxygen atoms in total. The van der Waals surface area contributed by atoms with Gasteiger partial charge in [0.25, 0.3) is 0 Å². The molecule has 2 saturated heterocycles. The van der Waals surface area contributed by atoms with Gasteiger partial charge >= 0.3 is 0 Å². The van der Waals surface area contributed by atoms with E-state index in [-0.39, 0.29) is 30.3 Å². The van der Waals surface area contributed by atoms with Crippen LogP contribution in [-0.4, -0.2) is 53.2 Å². The number of anilines is 1. The lowest BCUT2D eigenvalue weighted by Gasteiger charge is -2.34. The molecule has 8 heteroatoms. The van der Waals surface area contributed by atoms with Crippen LogP contribution in [0.25, 0.3) is 0 Å². The Morgan fingerprint density at radius 2 is 2.08 bits per heavy atom. The van der Waals surface area contributed by atoms with Gasteiger partial charge in [-0.15, -0.1) is 0 Å². The first kappa shape index (κ1) is 17.1. The van der Waals surface area contributed by atoms with Gasteiger partial charge in [-0.2, -0.15) is 5.10 Å². The minimum atomic E-state index is -0.332. The van der Waals surface area contributed by atoms with Crippen LogP contribution < -0.4 is 4.90 Å². The van der Waals surface area contributed by atoms with Crippen LogP contribution in [0.1, 0.15) is 18.1 Å². The highest BCUT2D eigenvalue weighted by molar-refractivity contribution is 6.30. The van der Waals surface area contributed by atoms with Crippen LogP contribution in [0, 0.1) is 5.92 Å². The highest BCUT2D eigenvalue weighted by Crippen LogP contribution is 2.28. The zero-order valence-corrected chi connectivity index (χ0v) is 14.9. The molecule has 0 saturated carbocycles. The highest BCUT2D eigenvalue weighted by atomic mass is 35.5. The number of nitrogens with one attached hydrogen (secondary N) is 1. The van der Waals surface area contributed by atoms with Gasteiger partial charge < -0.3 is 14.5 Å². The fourth-order valence-electron chi connectivity index (χ4n) is 3.50. The molecule has 4 rings (SSSR count). The quantitative estimate of drug-likeness (QED) is 0.891. The van der Waals surface area contributed by atoms with Crippen LogP contribution in [0.15, 0.2) is 36.7 Å². The standard InChI is InChI=1S/C18H19ClN4O3/c19-14-3-1-12(2-4-14)16-11-22(5-6-26-16)18(25)13-7-17(24)23(10-13)15-8-20-21-9-15/h1-4,8-9,13,16H,5-7,10-11H2,(H,20,21)/t13-,16-/m0/s1. The Morgan fingerprint density at radius 3 is 2.81 bits per heavy atom. The maximum Gasteiger partial charge on any atom is 0.228 e. The predicted molar refractivity (Wildman–Crippen MR) is 95.8 cm³/mol. The predicted octanol–water partition coefficient (Wildman–Crippen LogP) is 2.02. The van der Waals surface area contributed by atoms with Gasteiger partial charge in [-0.3, -0.25) is 14.7 Å². The summed E-state index contributed by atoms with van der Waals surface area (Å²) in [7, 11) is 0. The number of halogens is 1. The zero-order chi connectivity index (χ0) is 18.1. The number of morpholine rings is 1. The number of carbonyl (C=O) groups is 2. The molecule has 2 aliphatic heterocycles. The number of amides is 2. The van der Waals surface area contributed by atoms with Gasteiger partial charge in [0.05, 0.1) is 31.0 Å². The number of aromatic amines is 1. The number of hydrogen-bond acceptors (Lipinski definition) is 4.